The standard InChI is InChI=1S/C26H30FN3O4S/c1-16(2)21-12-19(27)13-22(18-9-10-28-26(11-18)34-6)23(21)15-25(31)29-35(32,33)24-14-20(30(4)5)8-7-17(24)3/h7-14,16H,15H2,1-6H3,(H,29,31). The van der Waals surface area contributed by atoms with E-state index in [1.807, 2.05) is 13.8 Å². The Morgan fingerprint density at radius 3 is 2.49 bits per heavy atom. The van der Waals surface area contributed by atoms with Crippen molar-refractivity contribution in [2.24, 2.45) is 0 Å². The molecule has 1 heterocycles. The predicted octanol–water partition coefficient (Wildman–Crippen LogP) is 4.44. The van der Waals surface area contributed by atoms with Gasteiger partial charge in [-0.05, 0) is 71.0 Å². The first kappa shape index (κ1) is 26.2. The molecule has 0 saturated heterocycles. The van der Waals surface area contributed by atoms with E-state index in [1.54, 1.807) is 50.2 Å². The molecule has 35 heavy (non-hydrogen) atoms. The van der Waals surface area contributed by atoms with E-state index in [0.29, 0.717) is 39.4 Å². The van der Waals surface area contributed by atoms with E-state index in [2.05, 4.69) is 9.71 Å². The highest BCUT2D eigenvalue weighted by atomic mass is 32.2. The molecule has 1 N–H and O–H groups in total. The van der Waals surface area contributed by atoms with Gasteiger partial charge in [-0.1, -0.05) is 19.9 Å². The van der Waals surface area contributed by atoms with E-state index in [9.17, 15) is 17.6 Å². The van der Waals surface area contributed by atoms with Crippen molar-refractivity contribution >= 4 is 21.6 Å². The zero-order valence-electron chi connectivity index (χ0n) is 20.7. The first-order valence-electron chi connectivity index (χ1n) is 11.1. The molecule has 0 unspecified atom stereocenters. The van der Waals surface area contributed by atoms with Gasteiger partial charge >= 0.3 is 0 Å². The highest BCUT2D eigenvalue weighted by Crippen LogP contribution is 2.33. The number of nitrogens with one attached hydrogen (secondary N) is 1. The third kappa shape index (κ3) is 5.97. The van der Waals surface area contributed by atoms with Gasteiger partial charge in [0.2, 0.25) is 11.8 Å². The molecule has 186 valence electrons. The summed E-state index contributed by atoms with van der Waals surface area (Å²) >= 11 is 0. The molecule has 0 fully saturated rings. The van der Waals surface area contributed by atoms with E-state index < -0.39 is 21.7 Å². The summed E-state index contributed by atoms with van der Waals surface area (Å²) in [6.07, 6.45) is 1.28. The van der Waals surface area contributed by atoms with Crippen LogP contribution in [-0.2, 0) is 21.2 Å². The van der Waals surface area contributed by atoms with Crippen molar-refractivity contribution in [2.45, 2.75) is 38.0 Å². The number of ether oxygens (including phenoxy) is 1. The van der Waals surface area contributed by atoms with Crippen LogP contribution in [0.15, 0.2) is 53.6 Å². The van der Waals surface area contributed by atoms with Crippen molar-refractivity contribution in [3.63, 3.8) is 0 Å². The summed E-state index contributed by atoms with van der Waals surface area (Å²) < 4.78 is 48.2. The Morgan fingerprint density at radius 1 is 1.14 bits per heavy atom. The number of carbonyl (C=O) groups excluding carboxylic acids is 1. The molecule has 0 atom stereocenters. The molecule has 9 heteroatoms. The fourth-order valence-electron chi connectivity index (χ4n) is 3.87. The molecule has 0 saturated carbocycles. The van der Waals surface area contributed by atoms with Gasteiger partial charge in [-0.15, -0.1) is 0 Å². The van der Waals surface area contributed by atoms with Crippen LogP contribution in [-0.4, -0.2) is 40.5 Å². The molecule has 0 radical (unpaired) electrons. The van der Waals surface area contributed by atoms with Crippen LogP contribution in [0.25, 0.3) is 11.1 Å². The van der Waals surface area contributed by atoms with Gasteiger partial charge in [-0.2, -0.15) is 0 Å². The number of nitrogens with zero attached hydrogens (tertiary/aromatic N) is 2. The van der Waals surface area contributed by atoms with Crippen molar-refractivity contribution in [3.05, 3.63) is 71.2 Å². The van der Waals surface area contributed by atoms with Crippen LogP contribution in [0, 0.1) is 12.7 Å². The van der Waals surface area contributed by atoms with Gasteiger partial charge < -0.3 is 9.64 Å². The lowest BCUT2D eigenvalue weighted by atomic mass is 9.88. The quantitative estimate of drug-likeness (QED) is 0.493. The first-order valence-corrected chi connectivity index (χ1v) is 12.6. The minimum atomic E-state index is -4.13. The minimum absolute atomic E-state index is 0.0272. The predicted molar refractivity (Wildman–Crippen MR) is 135 cm³/mol. The Morgan fingerprint density at radius 2 is 1.86 bits per heavy atom. The first-order chi connectivity index (χ1) is 16.4. The van der Waals surface area contributed by atoms with Crippen LogP contribution in [0.2, 0.25) is 0 Å². The lowest BCUT2D eigenvalue weighted by Gasteiger charge is -2.19. The highest BCUT2D eigenvalue weighted by molar-refractivity contribution is 7.90. The van der Waals surface area contributed by atoms with Crippen molar-refractivity contribution < 1.29 is 22.3 Å². The average Bonchev–Trinajstić information content (AvgIpc) is 2.79. The number of rotatable bonds is 8. The monoisotopic (exact) mass is 499 g/mol. The van der Waals surface area contributed by atoms with Crippen LogP contribution in [0.4, 0.5) is 10.1 Å². The molecule has 2 aromatic carbocycles. The van der Waals surface area contributed by atoms with E-state index >= 15 is 0 Å². The van der Waals surface area contributed by atoms with Gasteiger partial charge in [0, 0.05) is 32.0 Å². The molecule has 1 aromatic heterocycles. The number of aromatic nitrogens is 1. The van der Waals surface area contributed by atoms with Crippen molar-refractivity contribution in [1.82, 2.24) is 9.71 Å². The molecule has 3 aromatic rings. The number of anilines is 1. The third-order valence-electron chi connectivity index (χ3n) is 5.69. The Hall–Kier alpha value is -3.46. The molecule has 3 rings (SSSR count). The minimum Gasteiger partial charge on any atom is -0.481 e. The third-order valence-corrected chi connectivity index (χ3v) is 7.20. The van der Waals surface area contributed by atoms with Crippen LogP contribution in [0.3, 0.4) is 0 Å². The molecule has 0 spiro atoms. The second-order valence-corrected chi connectivity index (χ2v) is 10.5. The number of halogens is 1. The average molecular weight is 500 g/mol. The SMILES string of the molecule is COc1cc(-c2cc(F)cc(C(C)C)c2CC(=O)NS(=O)(=O)c2cc(N(C)C)ccc2C)ccn1. The van der Waals surface area contributed by atoms with E-state index in [4.69, 9.17) is 4.74 Å². The maximum Gasteiger partial charge on any atom is 0.264 e. The largest absolute Gasteiger partial charge is 0.481 e. The summed E-state index contributed by atoms with van der Waals surface area (Å²) in [4.78, 5) is 19.0. The number of carbonyl (C=O) groups is 1. The summed E-state index contributed by atoms with van der Waals surface area (Å²) in [5, 5.41) is 0. The smallest absolute Gasteiger partial charge is 0.264 e. The second kappa shape index (κ2) is 10.4. The van der Waals surface area contributed by atoms with Crippen LogP contribution >= 0.6 is 0 Å². The van der Waals surface area contributed by atoms with Gasteiger partial charge in [0.15, 0.2) is 0 Å². The zero-order valence-corrected chi connectivity index (χ0v) is 21.5. The molecule has 7 nitrogen and oxygen atoms in total. The molecule has 0 aliphatic rings. The number of aryl methyl sites for hydroxylation is 1. The maximum atomic E-state index is 14.6. The Balaban J connectivity index is 2.02. The number of methoxy groups -OCH3 is 1. The Labute approximate surface area is 206 Å². The summed E-state index contributed by atoms with van der Waals surface area (Å²) in [6, 6.07) is 11.1. The normalized spacial score (nSPS) is 11.4. The summed E-state index contributed by atoms with van der Waals surface area (Å²) in [5.41, 5.74) is 3.46. The maximum absolute atomic E-state index is 14.6. The summed E-state index contributed by atoms with van der Waals surface area (Å²) in [7, 11) is 0.956. The van der Waals surface area contributed by atoms with Crippen LogP contribution in [0.1, 0.15) is 36.5 Å². The van der Waals surface area contributed by atoms with E-state index in [-0.39, 0.29) is 17.2 Å². The zero-order chi connectivity index (χ0) is 25.9. The Kier molecular flexibility index (Phi) is 7.80. The second-order valence-electron chi connectivity index (χ2n) is 8.81. The summed E-state index contributed by atoms with van der Waals surface area (Å²) in [6.45, 7) is 5.45. The number of benzene rings is 2. The van der Waals surface area contributed by atoms with Gasteiger partial charge in [0.05, 0.1) is 18.4 Å². The number of amides is 1. The Bertz CT molecular complexity index is 1350. The van der Waals surface area contributed by atoms with Gasteiger partial charge in [0.1, 0.15) is 5.82 Å². The van der Waals surface area contributed by atoms with Gasteiger partial charge in [-0.25, -0.2) is 22.5 Å². The number of hydrogen-bond acceptors (Lipinski definition) is 6. The lowest BCUT2D eigenvalue weighted by molar-refractivity contribution is -0.118. The fraction of sp³-hybridized carbons (Fsp3) is 0.308. The van der Waals surface area contributed by atoms with E-state index in [0.717, 1.165) is 0 Å². The molecule has 0 aliphatic heterocycles. The lowest BCUT2D eigenvalue weighted by Crippen LogP contribution is -2.32. The highest BCUT2D eigenvalue weighted by Gasteiger charge is 2.24. The van der Waals surface area contributed by atoms with Gasteiger partial charge in [0.25, 0.3) is 10.0 Å². The molecule has 1 amide bonds. The van der Waals surface area contributed by atoms with E-state index in [1.165, 1.54) is 31.5 Å². The van der Waals surface area contributed by atoms with Crippen molar-refractivity contribution in [1.29, 1.82) is 0 Å². The molecule has 0 aliphatic carbocycles. The topological polar surface area (TPSA) is 88.6 Å². The molecular weight excluding hydrogens is 469 g/mol. The van der Waals surface area contributed by atoms with Crippen LogP contribution < -0.4 is 14.4 Å². The number of pyridine rings is 1. The number of sulfonamides is 1. The summed E-state index contributed by atoms with van der Waals surface area (Å²) in [5.74, 6) is -0.929. The molecule has 0 bridgehead atoms. The number of hydrogen-bond donors (Lipinski definition) is 1. The molecular formula is C26H30FN3O4S. The van der Waals surface area contributed by atoms with Crippen molar-refractivity contribution in [2.75, 3.05) is 26.1 Å². The van der Waals surface area contributed by atoms with Crippen LogP contribution in [0.5, 0.6) is 5.88 Å². The van der Waals surface area contributed by atoms with Crippen molar-refractivity contribution in [3.8, 4) is 17.0 Å². The fourth-order valence-corrected chi connectivity index (χ4v) is 5.12. The van der Waals surface area contributed by atoms with Gasteiger partial charge in [-0.3, -0.25) is 4.79 Å².